The zero-order valence-electron chi connectivity index (χ0n) is 19.8. The first-order chi connectivity index (χ1) is 17.8. The Morgan fingerprint density at radius 2 is 1.78 bits per heavy atom. The molecule has 1 aliphatic heterocycles. The maximum atomic E-state index is 14.1. The van der Waals surface area contributed by atoms with Crippen molar-refractivity contribution in [3.63, 3.8) is 0 Å². The fraction of sp³-hybridized carbons (Fsp3) is 0.107. The Bertz CT molecular complexity index is 1420. The molecule has 1 fully saturated rings. The summed E-state index contributed by atoms with van der Waals surface area (Å²) < 4.78 is 38.9. The second kappa shape index (κ2) is 11.1. The molecular formula is C28H22F2N2O4S. The summed E-state index contributed by atoms with van der Waals surface area (Å²) in [6.07, 6.45) is 3.45. The molecular weight excluding hydrogens is 498 g/mol. The molecule has 3 aromatic carbocycles. The predicted octanol–water partition coefficient (Wildman–Crippen LogP) is 5.11. The number of thiocarbonyl (C=S) groups is 1. The normalized spacial score (nSPS) is 14.5. The molecule has 0 aromatic heterocycles. The summed E-state index contributed by atoms with van der Waals surface area (Å²) in [4.78, 5) is 27.1. The van der Waals surface area contributed by atoms with Crippen LogP contribution in [0, 0.1) is 11.6 Å². The molecule has 0 saturated carbocycles. The molecule has 0 spiro atoms. The van der Waals surface area contributed by atoms with Gasteiger partial charge in [-0.05, 0) is 72.7 Å². The average molecular weight is 521 g/mol. The number of ether oxygens (including phenoxy) is 2. The summed E-state index contributed by atoms with van der Waals surface area (Å²) in [7, 11) is 1.45. The van der Waals surface area contributed by atoms with Crippen molar-refractivity contribution in [1.82, 2.24) is 5.32 Å². The lowest BCUT2D eigenvalue weighted by molar-refractivity contribution is -0.122. The van der Waals surface area contributed by atoms with Gasteiger partial charge in [-0.1, -0.05) is 24.3 Å². The van der Waals surface area contributed by atoms with Crippen molar-refractivity contribution in [3.05, 3.63) is 107 Å². The zero-order chi connectivity index (χ0) is 26.5. The van der Waals surface area contributed by atoms with Gasteiger partial charge < -0.3 is 9.47 Å². The van der Waals surface area contributed by atoms with Crippen molar-refractivity contribution in [1.29, 1.82) is 0 Å². The van der Waals surface area contributed by atoms with Crippen LogP contribution < -0.4 is 19.7 Å². The van der Waals surface area contributed by atoms with Gasteiger partial charge in [-0.3, -0.25) is 19.8 Å². The van der Waals surface area contributed by atoms with Crippen molar-refractivity contribution in [3.8, 4) is 11.5 Å². The molecule has 0 bridgehead atoms. The monoisotopic (exact) mass is 520 g/mol. The lowest BCUT2D eigenvalue weighted by Crippen LogP contribution is -2.54. The summed E-state index contributed by atoms with van der Waals surface area (Å²) in [6, 6.07) is 14.8. The van der Waals surface area contributed by atoms with Crippen molar-refractivity contribution < 1.29 is 27.8 Å². The molecule has 1 heterocycles. The summed E-state index contributed by atoms with van der Waals surface area (Å²) >= 11 is 5.18. The topological polar surface area (TPSA) is 67.9 Å². The third kappa shape index (κ3) is 5.57. The number of hydrogen-bond donors (Lipinski definition) is 1. The van der Waals surface area contributed by atoms with Crippen LogP contribution in [0.25, 0.3) is 6.08 Å². The van der Waals surface area contributed by atoms with Gasteiger partial charge in [-0.25, -0.2) is 8.78 Å². The number of rotatable bonds is 8. The van der Waals surface area contributed by atoms with E-state index in [1.165, 1.54) is 43.5 Å². The Labute approximate surface area is 217 Å². The molecule has 6 nitrogen and oxygen atoms in total. The molecule has 0 atom stereocenters. The summed E-state index contributed by atoms with van der Waals surface area (Å²) in [6.45, 7) is 3.75. The minimum atomic E-state index is -0.669. The maximum Gasteiger partial charge on any atom is 0.270 e. The molecule has 4 rings (SSSR count). The van der Waals surface area contributed by atoms with Crippen LogP contribution in [0.2, 0.25) is 0 Å². The van der Waals surface area contributed by atoms with Gasteiger partial charge in [-0.2, -0.15) is 0 Å². The average Bonchev–Trinajstić information content (AvgIpc) is 2.87. The molecule has 1 saturated heterocycles. The Hall–Kier alpha value is -4.37. The summed E-state index contributed by atoms with van der Waals surface area (Å²) in [5.74, 6) is -1.47. The van der Waals surface area contributed by atoms with E-state index < -0.39 is 23.4 Å². The van der Waals surface area contributed by atoms with E-state index in [0.29, 0.717) is 40.3 Å². The molecule has 2 amide bonds. The summed E-state index contributed by atoms with van der Waals surface area (Å²) in [5, 5.41) is 2.38. The highest BCUT2D eigenvalue weighted by atomic mass is 32.1. The van der Waals surface area contributed by atoms with Gasteiger partial charge >= 0.3 is 0 Å². The number of allylic oxidation sites excluding steroid dienone is 1. The SMILES string of the molecule is C=CCc1cc(/C=C2/C(=O)NC(=S)N(c3ccc(F)cc3)C2=O)cc(OC)c1OCc1ccccc1F. The van der Waals surface area contributed by atoms with Gasteiger partial charge in [0, 0.05) is 11.1 Å². The number of benzene rings is 3. The van der Waals surface area contributed by atoms with Crippen LogP contribution in [0.1, 0.15) is 16.7 Å². The van der Waals surface area contributed by atoms with Gasteiger partial charge in [0.15, 0.2) is 16.6 Å². The van der Waals surface area contributed by atoms with Crippen LogP contribution in [0.3, 0.4) is 0 Å². The zero-order valence-corrected chi connectivity index (χ0v) is 20.6. The standard InChI is InChI=1S/C28H22F2N2O4S/c1-3-6-18-13-17(15-24(35-2)25(18)36-16-19-7-4-5-8-23(19)30)14-22-26(33)31-28(37)32(27(22)34)21-11-9-20(29)10-12-21/h3-5,7-15H,1,6,16H2,2H3,(H,31,33,37)/b22-14-. The number of anilines is 1. The Morgan fingerprint density at radius 3 is 2.46 bits per heavy atom. The number of carbonyl (C=O) groups excluding carboxylic acids is 2. The second-order valence-corrected chi connectivity index (χ2v) is 8.41. The molecule has 1 aliphatic rings. The predicted molar refractivity (Wildman–Crippen MR) is 140 cm³/mol. The fourth-order valence-electron chi connectivity index (χ4n) is 3.80. The Kier molecular flexibility index (Phi) is 7.74. The molecule has 0 radical (unpaired) electrons. The van der Waals surface area contributed by atoms with Gasteiger partial charge in [0.05, 0.1) is 12.8 Å². The van der Waals surface area contributed by atoms with E-state index in [4.69, 9.17) is 21.7 Å². The largest absolute Gasteiger partial charge is 0.493 e. The number of carbonyl (C=O) groups is 2. The number of nitrogens with one attached hydrogen (secondary N) is 1. The number of methoxy groups -OCH3 is 1. The summed E-state index contributed by atoms with van der Waals surface area (Å²) in [5.41, 5.74) is 1.65. The van der Waals surface area contributed by atoms with E-state index in [2.05, 4.69) is 11.9 Å². The minimum Gasteiger partial charge on any atom is -0.493 e. The van der Waals surface area contributed by atoms with E-state index in [1.807, 2.05) is 0 Å². The smallest absolute Gasteiger partial charge is 0.270 e. The molecule has 188 valence electrons. The first kappa shape index (κ1) is 25.7. The first-order valence-corrected chi connectivity index (χ1v) is 11.6. The molecule has 9 heteroatoms. The van der Waals surface area contributed by atoms with Crippen molar-refractivity contribution in [2.45, 2.75) is 13.0 Å². The van der Waals surface area contributed by atoms with Crippen LogP contribution >= 0.6 is 12.2 Å². The first-order valence-electron chi connectivity index (χ1n) is 11.2. The quantitative estimate of drug-likeness (QED) is 0.194. The lowest BCUT2D eigenvalue weighted by atomic mass is 10.0. The van der Waals surface area contributed by atoms with Crippen LogP contribution in [-0.2, 0) is 22.6 Å². The highest BCUT2D eigenvalue weighted by molar-refractivity contribution is 7.80. The lowest BCUT2D eigenvalue weighted by Gasteiger charge is -2.29. The molecule has 0 unspecified atom stereocenters. The number of halogens is 2. The van der Waals surface area contributed by atoms with Crippen LogP contribution in [0.5, 0.6) is 11.5 Å². The van der Waals surface area contributed by atoms with Gasteiger partial charge in [0.2, 0.25) is 0 Å². The fourth-order valence-corrected chi connectivity index (χ4v) is 4.08. The van der Waals surface area contributed by atoms with Crippen LogP contribution in [0.4, 0.5) is 14.5 Å². The van der Waals surface area contributed by atoms with E-state index in [-0.39, 0.29) is 17.3 Å². The van der Waals surface area contributed by atoms with Gasteiger partial charge in [0.1, 0.15) is 23.8 Å². The Morgan fingerprint density at radius 1 is 1.05 bits per heavy atom. The highest BCUT2D eigenvalue weighted by Crippen LogP contribution is 2.35. The third-order valence-corrected chi connectivity index (χ3v) is 5.85. The van der Waals surface area contributed by atoms with Crippen LogP contribution in [0.15, 0.2) is 78.9 Å². The highest BCUT2D eigenvalue weighted by Gasteiger charge is 2.34. The maximum absolute atomic E-state index is 14.1. The van der Waals surface area contributed by atoms with Gasteiger partial charge in [-0.15, -0.1) is 6.58 Å². The van der Waals surface area contributed by atoms with Crippen LogP contribution in [-0.4, -0.2) is 24.0 Å². The molecule has 0 aliphatic carbocycles. The minimum absolute atomic E-state index is 0.0292. The molecule has 3 aromatic rings. The number of hydrogen-bond acceptors (Lipinski definition) is 5. The third-order valence-electron chi connectivity index (χ3n) is 5.57. The molecule has 1 N–H and O–H groups in total. The van der Waals surface area contributed by atoms with E-state index >= 15 is 0 Å². The number of amides is 2. The van der Waals surface area contributed by atoms with Crippen molar-refractivity contribution in [2.24, 2.45) is 0 Å². The van der Waals surface area contributed by atoms with Crippen molar-refractivity contribution in [2.75, 3.05) is 12.0 Å². The van der Waals surface area contributed by atoms with Gasteiger partial charge in [0.25, 0.3) is 11.8 Å². The number of nitrogens with zero attached hydrogens (tertiary/aromatic N) is 1. The second-order valence-electron chi connectivity index (χ2n) is 8.02. The van der Waals surface area contributed by atoms with E-state index in [1.54, 1.807) is 36.4 Å². The molecule has 37 heavy (non-hydrogen) atoms. The van der Waals surface area contributed by atoms with E-state index in [9.17, 15) is 18.4 Å². The van der Waals surface area contributed by atoms with Crippen molar-refractivity contribution >= 4 is 40.9 Å². The Balaban J connectivity index is 1.70. The van der Waals surface area contributed by atoms with E-state index in [0.717, 1.165) is 4.90 Å².